The molecule has 24 heavy (non-hydrogen) atoms. The molecule has 0 aliphatic rings. The van der Waals surface area contributed by atoms with Crippen LogP contribution in [-0.4, -0.2) is 6.10 Å². The molecule has 0 unspecified atom stereocenters. The summed E-state index contributed by atoms with van der Waals surface area (Å²) < 4.78 is 6.57. The zero-order chi connectivity index (χ0) is 17.4. The maximum atomic E-state index is 6.57. The minimum Gasteiger partial charge on any atom is -0.370 e. The molecule has 0 amide bonds. The highest BCUT2D eigenvalue weighted by Crippen LogP contribution is 2.31. The summed E-state index contributed by atoms with van der Waals surface area (Å²) in [4.78, 5) is 0. The Morgan fingerprint density at radius 3 is 2.29 bits per heavy atom. The van der Waals surface area contributed by atoms with Gasteiger partial charge >= 0.3 is 0 Å². The van der Waals surface area contributed by atoms with Gasteiger partial charge in [0.1, 0.15) is 0 Å². The van der Waals surface area contributed by atoms with E-state index >= 15 is 0 Å². The van der Waals surface area contributed by atoms with E-state index in [4.69, 9.17) is 4.74 Å². The number of rotatable bonds is 9. The zero-order valence-electron chi connectivity index (χ0n) is 15.2. The van der Waals surface area contributed by atoms with Gasteiger partial charge in [-0.05, 0) is 48.8 Å². The van der Waals surface area contributed by atoms with Crippen molar-refractivity contribution in [2.45, 2.75) is 52.2 Å². The molecule has 2 atom stereocenters. The van der Waals surface area contributed by atoms with Crippen molar-refractivity contribution in [3.8, 4) is 0 Å². The predicted molar refractivity (Wildman–Crippen MR) is 103 cm³/mol. The molecule has 0 radical (unpaired) electrons. The van der Waals surface area contributed by atoms with Crippen molar-refractivity contribution < 1.29 is 4.74 Å². The minimum absolute atomic E-state index is 0.131. The Morgan fingerprint density at radius 2 is 1.67 bits per heavy atom. The van der Waals surface area contributed by atoms with Crippen LogP contribution < -0.4 is 0 Å². The van der Waals surface area contributed by atoms with Crippen LogP contribution in [0, 0.1) is 12.8 Å². The van der Waals surface area contributed by atoms with Gasteiger partial charge in [-0.3, -0.25) is 0 Å². The molecular weight excluding hydrogens is 292 g/mol. The summed E-state index contributed by atoms with van der Waals surface area (Å²) in [5.74, 6) is 0.440. The van der Waals surface area contributed by atoms with E-state index < -0.39 is 0 Å². The molecule has 2 rings (SSSR count). The van der Waals surface area contributed by atoms with Crippen LogP contribution in [0.5, 0.6) is 0 Å². The highest BCUT2D eigenvalue weighted by molar-refractivity contribution is 5.28. The molecule has 0 heterocycles. The standard InChI is InChI=1S/C23H30O/c1-5-11-21(17-16-20-13-7-6-8-14-20)24-23(18(2)3)22-15-10-9-12-19(22)4/h5-10,12-15,18,21,23H,1,11,16-17H2,2-4H3/t21-,23+/m0/s1. The number of hydrogen-bond acceptors (Lipinski definition) is 1. The van der Waals surface area contributed by atoms with E-state index in [1.165, 1.54) is 16.7 Å². The molecule has 1 heteroatoms. The van der Waals surface area contributed by atoms with Crippen LogP contribution in [0.15, 0.2) is 67.3 Å². The second-order valence-electron chi connectivity index (χ2n) is 6.83. The van der Waals surface area contributed by atoms with E-state index in [0.717, 1.165) is 19.3 Å². The monoisotopic (exact) mass is 322 g/mol. The van der Waals surface area contributed by atoms with Gasteiger partial charge in [-0.2, -0.15) is 0 Å². The molecule has 128 valence electrons. The predicted octanol–water partition coefficient (Wildman–Crippen LogP) is 6.29. The van der Waals surface area contributed by atoms with E-state index in [0.29, 0.717) is 5.92 Å². The van der Waals surface area contributed by atoms with Gasteiger partial charge in [0, 0.05) is 0 Å². The summed E-state index contributed by atoms with van der Waals surface area (Å²) in [5, 5.41) is 0. The lowest BCUT2D eigenvalue weighted by Gasteiger charge is -2.28. The van der Waals surface area contributed by atoms with Crippen LogP contribution in [0.1, 0.15) is 49.5 Å². The summed E-state index contributed by atoms with van der Waals surface area (Å²) in [7, 11) is 0. The summed E-state index contributed by atoms with van der Waals surface area (Å²) in [6.45, 7) is 10.6. The first-order chi connectivity index (χ1) is 11.6. The zero-order valence-corrected chi connectivity index (χ0v) is 15.2. The largest absolute Gasteiger partial charge is 0.370 e. The van der Waals surface area contributed by atoms with Gasteiger partial charge in [0.2, 0.25) is 0 Å². The SMILES string of the molecule is C=CC[C@@H](CCc1ccccc1)O[C@@H](c1ccccc1C)C(C)C. The molecule has 0 aromatic heterocycles. The van der Waals surface area contributed by atoms with Gasteiger partial charge in [-0.25, -0.2) is 0 Å². The quantitative estimate of drug-likeness (QED) is 0.493. The average molecular weight is 322 g/mol. The van der Waals surface area contributed by atoms with Crippen LogP contribution in [0.3, 0.4) is 0 Å². The Hall–Kier alpha value is -1.86. The topological polar surface area (TPSA) is 9.23 Å². The van der Waals surface area contributed by atoms with Crippen molar-refractivity contribution in [3.63, 3.8) is 0 Å². The van der Waals surface area contributed by atoms with Crippen molar-refractivity contribution in [2.75, 3.05) is 0 Å². The highest BCUT2D eigenvalue weighted by atomic mass is 16.5. The Balaban J connectivity index is 2.08. The summed E-state index contributed by atoms with van der Waals surface area (Å²) in [5.41, 5.74) is 3.98. The molecule has 2 aromatic rings. The Morgan fingerprint density at radius 1 is 1.00 bits per heavy atom. The van der Waals surface area contributed by atoms with Crippen LogP contribution in [-0.2, 0) is 11.2 Å². The third-order valence-corrected chi connectivity index (χ3v) is 4.47. The van der Waals surface area contributed by atoms with Gasteiger partial charge in [0.15, 0.2) is 0 Å². The van der Waals surface area contributed by atoms with Crippen molar-refractivity contribution in [2.24, 2.45) is 5.92 Å². The molecule has 0 bridgehead atoms. The first-order valence-corrected chi connectivity index (χ1v) is 8.97. The normalized spacial score (nSPS) is 13.7. The first-order valence-electron chi connectivity index (χ1n) is 8.97. The molecular formula is C23H30O. The molecule has 0 saturated carbocycles. The molecule has 0 fully saturated rings. The van der Waals surface area contributed by atoms with Gasteiger partial charge < -0.3 is 4.74 Å². The van der Waals surface area contributed by atoms with Gasteiger partial charge in [-0.15, -0.1) is 6.58 Å². The van der Waals surface area contributed by atoms with Crippen molar-refractivity contribution in [1.29, 1.82) is 0 Å². The van der Waals surface area contributed by atoms with Gasteiger partial charge in [0.05, 0.1) is 12.2 Å². The van der Waals surface area contributed by atoms with E-state index in [1.807, 2.05) is 6.08 Å². The van der Waals surface area contributed by atoms with Crippen LogP contribution >= 0.6 is 0 Å². The Labute approximate surface area is 147 Å². The van der Waals surface area contributed by atoms with Gasteiger partial charge in [0.25, 0.3) is 0 Å². The number of aryl methyl sites for hydroxylation is 2. The summed E-state index contributed by atoms with van der Waals surface area (Å²) >= 11 is 0. The highest BCUT2D eigenvalue weighted by Gasteiger charge is 2.22. The van der Waals surface area contributed by atoms with Crippen LogP contribution in [0.4, 0.5) is 0 Å². The molecule has 2 aromatic carbocycles. The number of hydrogen-bond donors (Lipinski definition) is 0. The number of ether oxygens (including phenoxy) is 1. The summed E-state index contributed by atoms with van der Waals surface area (Å²) in [6, 6.07) is 19.2. The second kappa shape index (κ2) is 9.44. The molecule has 0 aliphatic heterocycles. The van der Waals surface area contributed by atoms with E-state index in [2.05, 4.69) is 81.9 Å². The van der Waals surface area contributed by atoms with E-state index in [-0.39, 0.29) is 12.2 Å². The fourth-order valence-corrected chi connectivity index (χ4v) is 3.10. The average Bonchev–Trinajstić information content (AvgIpc) is 2.59. The molecule has 1 nitrogen and oxygen atoms in total. The Kier molecular flexibility index (Phi) is 7.27. The van der Waals surface area contributed by atoms with E-state index in [9.17, 15) is 0 Å². The molecule has 0 saturated heterocycles. The molecule has 0 spiro atoms. The summed E-state index contributed by atoms with van der Waals surface area (Å²) in [6.07, 6.45) is 5.26. The van der Waals surface area contributed by atoms with Gasteiger partial charge in [-0.1, -0.05) is 74.5 Å². The van der Waals surface area contributed by atoms with E-state index in [1.54, 1.807) is 0 Å². The smallest absolute Gasteiger partial charge is 0.0854 e. The van der Waals surface area contributed by atoms with Crippen LogP contribution in [0.25, 0.3) is 0 Å². The maximum Gasteiger partial charge on any atom is 0.0854 e. The molecule has 0 N–H and O–H groups in total. The third kappa shape index (κ3) is 5.35. The maximum absolute atomic E-state index is 6.57. The lowest BCUT2D eigenvalue weighted by Crippen LogP contribution is -2.21. The Bertz CT molecular complexity index is 615. The second-order valence-corrected chi connectivity index (χ2v) is 6.83. The number of benzene rings is 2. The van der Waals surface area contributed by atoms with Crippen molar-refractivity contribution in [3.05, 3.63) is 83.9 Å². The third-order valence-electron chi connectivity index (χ3n) is 4.47. The lowest BCUT2D eigenvalue weighted by atomic mass is 9.94. The lowest BCUT2D eigenvalue weighted by molar-refractivity contribution is -0.0399. The van der Waals surface area contributed by atoms with Crippen LogP contribution in [0.2, 0.25) is 0 Å². The first kappa shape index (κ1) is 18.5. The fourth-order valence-electron chi connectivity index (χ4n) is 3.10. The van der Waals surface area contributed by atoms with Crippen molar-refractivity contribution >= 4 is 0 Å². The fraction of sp³-hybridized carbons (Fsp3) is 0.391. The molecule has 0 aliphatic carbocycles. The minimum atomic E-state index is 0.131. The van der Waals surface area contributed by atoms with Crippen molar-refractivity contribution in [1.82, 2.24) is 0 Å².